The Bertz CT molecular complexity index is 875. The quantitative estimate of drug-likeness (QED) is 0.625. The Morgan fingerprint density at radius 1 is 1.25 bits per heavy atom. The highest BCUT2D eigenvalue weighted by molar-refractivity contribution is 6.83. The average Bonchev–Trinajstić information content (AvgIpc) is 2.86. The average molecular weight is 356 g/mol. The van der Waals surface area contributed by atoms with E-state index in [-0.39, 0.29) is 16.1 Å². The molecule has 0 spiro atoms. The Labute approximate surface area is 136 Å². The number of hydrogen-bond acceptors (Lipinski definition) is 4. The van der Waals surface area contributed by atoms with Gasteiger partial charge in [-0.3, -0.25) is 0 Å². The van der Waals surface area contributed by atoms with Crippen LogP contribution in [-0.2, 0) is 0 Å². The molecule has 10 heteroatoms. The van der Waals surface area contributed by atoms with Crippen molar-refractivity contribution >= 4 is 8.07 Å². The molecule has 0 saturated carbocycles. The third kappa shape index (κ3) is 3.68. The molecule has 128 valence electrons. The molecule has 24 heavy (non-hydrogen) atoms. The van der Waals surface area contributed by atoms with Gasteiger partial charge < -0.3 is 4.74 Å². The van der Waals surface area contributed by atoms with Gasteiger partial charge in [0.15, 0.2) is 5.82 Å². The Morgan fingerprint density at radius 2 is 1.92 bits per heavy atom. The summed E-state index contributed by atoms with van der Waals surface area (Å²) >= 11 is 0. The number of methoxy groups -OCH3 is 1. The van der Waals surface area contributed by atoms with Crippen LogP contribution in [0.2, 0.25) is 19.6 Å². The zero-order chi connectivity index (χ0) is 18.1. The fraction of sp³-hybridized carbons (Fsp3) is 0.357. The van der Waals surface area contributed by atoms with E-state index in [2.05, 4.69) is 21.9 Å². The van der Waals surface area contributed by atoms with Gasteiger partial charge in [0.05, 0.1) is 12.7 Å². The van der Waals surface area contributed by atoms with Gasteiger partial charge in [-0.05, 0) is 16.5 Å². The smallest absolute Gasteiger partial charge is 0.373 e. The molecule has 2 rings (SSSR count). The van der Waals surface area contributed by atoms with Crippen molar-refractivity contribution in [1.82, 2.24) is 19.8 Å². The summed E-state index contributed by atoms with van der Waals surface area (Å²) in [5, 5.41) is 6.29. The van der Waals surface area contributed by atoms with Crippen molar-refractivity contribution in [3.05, 3.63) is 34.0 Å². The Hall–Kier alpha value is -2.54. The molecule has 6 nitrogen and oxygen atoms in total. The van der Waals surface area contributed by atoms with Gasteiger partial charge in [0.2, 0.25) is 0 Å². The number of ether oxygens (including phenoxy) is 1. The fourth-order valence-corrected chi connectivity index (χ4v) is 2.27. The van der Waals surface area contributed by atoms with Crippen LogP contribution in [-0.4, -0.2) is 35.0 Å². The molecule has 0 atom stereocenters. The van der Waals surface area contributed by atoms with Gasteiger partial charge in [-0.2, -0.15) is 13.5 Å². The molecule has 0 unspecified atom stereocenters. The molecule has 0 radical (unpaired) electrons. The van der Waals surface area contributed by atoms with Crippen LogP contribution < -0.4 is 10.4 Å². The first-order valence-electron chi connectivity index (χ1n) is 6.88. The van der Waals surface area contributed by atoms with Crippen LogP contribution in [0.1, 0.15) is 12.1 Å². The summed E-state index contributed by atoms with van der Waals surface area (Å²) in [5.41, 5.74) is 1.77. The van der Waals surface area contributed by atoms with E-state index >= 15 is 0 Å². The largest absolute Gasteiger partial charge is 0.495 e. The predicted molar refractivity (Wildman–Crippen MR) is 83.6 cm³/mol. The first kappa shape index (κ1) is 17.8. The number of alkyl halides is 2. The third-order valence-electron chi connectivity index (χ3n) is 2.86. The van der Waals surface area contributed by atoms with Crippen molar-refractivity contribution in [2.75, 3.05) is 7.11 Å². The summed E-state index contributed by atoms with van der Waals surface area (Å²) in [4.78, 5) is 11.8. The summed E-state index contributed by atoms with van der Waals surface area (Å²) in [6, 6.07) is 2.25. The second-order valence-corrected chi connectivity index (χ2v) is 10.6. The fourth-order valence-electron chi connectivity index (χ4n) is 1.76. The molecule has 0 aliphatic carbocycles. The Balaban J connectivity index is 2.58. The lowest BCUT2D eigenvalue weighted by molar-refractivity contribution is 0.0508. The lowest BCUT2D eigenvalue weighted by Crippen LogP contribution is -2.25. The maximum absolute atomic E-state index is 14.3. The zero-order valence-corrected chi connectivity index (χ0v) is 14.5. The minimum Gasteiger partial charge on any atom is -0.495 e. The highest BCUT2D eigenvalue weighted by Gasteiger charge is 2.20. The standard InChI is InChI=1S/C14H15F3N4O2Si/c1-23-12-8-11(20-14(22)21(13(16)17)19-18-20)10(15)7-9(12)5-6-24(2,3)4/h7-8,13H,1-4H3. The van der Waals surface area contributed by atoms with Crippen molar-refractivity contribution in [3.8, 4) is 22.9 Å². The predicted octanol–water partition coefficient (Wildman–Crippen LogP) is 2.20. The highest BCUT2D eigenvalue weighted by Crippen LogP contribution is 2.24. The number of benzene rings is 1. The number of tetrazole rings is 1. The number of hydrogen-bond donors (Lipinski definition) is 0. The summed E-state index contributed by atoms with van der Waals surface area (Å²) < 4.78 is 45.0. The molecule has 1 aromatic carbocycles. The molecule has 1 aromatic heterocycles. The maximum atomic E-state index is 14.3. The summed E-state index contributed by atoms with van der Waals surface area (Å²) in [5.74, 6) is 2.22. The molecule has 0 saturated heterocycles. The first-order valence-corrected chi connectivity index (χ1v) is 10.4. The van der Waals surface area contributed by atoms with Gasteiger partial charge in [-0.15, -0.1) is 10.2 Å². The van der Waals surface area contributed by atoms with E-state index in [9.17, 15) is 18.0 Å². The molecule has 0 aliphatic rings. The number of nitrogens with zero attached hydrogens (tertiary/aromatic N) is 4. The molecule has 0 aliphatic heterocycles. The van der Waals surface area contributed by atoms with Gasteiger partial charge in [0, 0.05) is 6.07 Å². The Kier molecular flexibility index (Phi) is 4.84. The molecule has 1 heterocycles. The van der Waals surface area contributed by atoms with Crippen LogP contribution in [0.15, 0.2) is 16.9 Å². The van der Waals surface area contributed by atoms with Crippen LogP contribution in [0.5, 0.6) is 5.75 Å². The highest BCUT2D eigenvalue weighted by atomic mass is 28.3. The van der Waals surface area contributed by atoms with Gasteiger partial charge in [-0.25, -0.2) is 9.18 Å². The van der Waals surface area contributed by atoms with E-state index < -0.39 is 26.1 Å². The number of halogens is 3. The van der Waals surface area contributed by atoms with E-state index in [1.807, 2.05) is 19.6 Å². The van der Waals surface area contributed by atoms with E-state index in [0.29, 0.717) is 10.2 Å². The van der Waals surface area contributed by atoms with Gasteiger partial charge in [-0.1, -0.05) is 25.6 Å². The maximum Gasteiger partial charge on any atom is 0.373 e. The second-order valence-electron chi connectivity index (χ2n) is 5.90. The van der Waals surface area contributed by atoms with Crippen LogP contribution in [0.25, 0.3) is 5.69 Å². The van der Waals surface area contributed by atoms with Crippen LogP contribution in [0.3, 0.4) is 0 Å². The van der Waals surface area contributed by atoms with E-state index in [0.717, 1.165) is 6.07 Å². The normalized spacial score (nSPS) is 11.3. The molecular formula is C14H15F3N4O2Si. The zero-order valence-electron chi connectivity index (χ0n) is 13.5. The van der Waals surface area contributed by atoms with Crippen LogP contribution in [0, 0.1) is 17.3 Å². The van der Waals surface area contributed by atoms with Gasteiger partial charge in [0.1, 0.15) is 19.5 Å². The molecule has 0 fully saturated rings. The third-order valence-corrected chi connectivity index (χ3v) is 3.73. The van der Waals surface area contributed by atoms with Crippen molar-refractivity contribution in [1.29, 1.82) is 0 Å². The minimum absolute atomic E-state index is 0.148. The van der Waals surface area contributed by atoms with Crippen LogP contribution >= 0.6 is 0 Å². The SMILES string of the molecule is COc1cc(-n2nnn(C(F)F)c2=O)c(F)cc1C#C[Si](C)(C)C. The lowest BCUT2D eigenvalue weighted by atomic mass is 10.2. The van der Waals surface area contributed by atoms with E-state index in [4.69, 9.17) is 4.74 Å². The summed E-state index contributed by atoms with van der Waals surface area (Å²) in [7, 11) is -0.336. The van der Waals surface area contributed by atoms with E-state index in [1.165, 1.54) is 13.2 Å². The van der Waals surface area contributed by atoms with Crippen LogP contribution in [0.4, 0.5) is 13.2 Å². The lowest BCUT2D eigenvalue weighted by Gasteiger charge is -2.09. The monoisotopic (exact) mass is 356 g/mol. The molecule has 2 aromatic rings. The minimum atomic E-state index is -3.17. The number of aromatic nitrogens is 4. The van der Waals surface area contributed by atoms with E-state index in [1.54, 1.807) is 0 Å². The topological polar surface area (TPSA) is 61.9 Å². The summed E-state index contributed by atoms with van der Waals surface area (Å²) in [6.07, 6.45) is 0. The first-order chi connectivity index (χ1) is 11.1. The second kappa shape index (κ2) is 6.52. The summed E-state index contributed by atoms with van der Waals surface area (Å²) in [6.45, 7) is 2.91. The molecule has 0 bridgehead atoms. The van der Waals surface area contributed by atoms with Gasteiger partial charge in [0.25, 0.3) is 0 Å². The van der Waals surface area contributed by atoms with Crippen molar-refractivity contribution < 1.29 is 17.9 Å². The molecule has 0 amide bonds. The van der Waals surface area contributed by atoms with Crippen molar-refractivity contribution in [2.45, 2.75) is 26.2 Å². The van der Waals surface area contributed by atoms with Crippen molar-refractivity contribution in [2.24, 2.45) is 0 Å². The van der Waals surface area contributed by atoms with Gasteiger partial charge >= 0.3 is 12.2 Å². The molecular weight excluding hydrogens is 341 g/mol. The van der Waals surface area contributed by atoms with Crippen molar-refractivity contribution in [3.63, 3.8) is 0 Å². The number of rotatable bonds is 3. The Morgan fingerprint density at radius 3 is 2.42 bits per heavy atom. The molecule has 0 N–H and O–H groups in total.